The van der Waals surface area contributed by atoms with Crippen molar-refractivity contribution >= 4 is 23.2 Å². The molecule has 158 valence electrons. The number of para-hydroxylation sites is 1. The minimum absolute atomic E-state index is 0.207. The van der Waals surface area contributed by atoms with Gasteiger partial charge in [-0.1, -0.05) is 48.0 Å². The second-order valence-electron chi connectivity index (χ2n) is 7.70. The lowest BCUT2D eigenvalue weighted by Gasteiger charge is -2.39. The Bertz CT molecular complexity index is 1330. The van der Waals surface area contributed by atoms with Crippen LogP contribution >= 0.6 is 11.6 Å². The van der Waals surface area contributed by atoms with Crippen LogP contribution in [-0.2, 0) is 0 Å². The molecule has 3 heterocycles. The molecule has 2 atom stereocenters. The molecule has 4 aromatic rings. The average Bonchev–Trinajstić information content (AvgIpc) is 3.31. The number of hydrogen-bond acceptors (Lipinski definition) is 5. The van der Waals surface area contributed by atoms with Crippen LogP contribution in [0.2, 0.25) is 5.02 Å². The molecular formula is C25H19ClN4O2. The van der Waals surface area contributed by atoms with E-state index in [-0.39, 0.29) is 12.1 Å². The van der Waals surface area contributed by atoms with Crippen molar-refractivity contribution in [2.24, 2.45) is 0 Å². The fraction of sp³-hybridized carbons (Fsp3) is 0.120. The number of nitrogens with one attached hydrogen (secondary N) is 1. The highest BCUT2D eigenvalue weighted by Crippen LogP contribution is 2.50. The molecule has 0 spiro atoms. The van der Waals surface area contributed by atoms with Crippen LogP contribution in [0.4, 0.5) is 5.95 Å². The summed E-state index contributed by atoms with van der Waals surface area (Å²) in [7, 11) is 1.66. The number of ether oxygens (including phenoxy) is 2. The van der Waals surface area contributed by atoms with E-state index >= 15 is 0 Å². The zero-order chi connectivity index (χ0) is 21.7. The van der Waals surface area contributed by atoms with Gasteiger partial charge in [0.1, 0.15) is 30.0 Å². The first kappa shape index (κ1) is 19.0. The maximum atomic E-state index is 6.60. The molecule has 1 N–H and O–H groups in total. The first-order chi connectivity index (χ1) is 15.7. The topological polar surface area (TPSA) is 61.2 Å². The number of aromatic nitrogens is 3. The van der Waals surface area contributed by atoms with E-state index in [0.717, 1.165) is 39.5 Å². The fourth-order valence-corrected chi connectivity index (χ4v) is 4.56. The van der Waals surface area contributed by atoms with Gasteiger partial charge in [0.05, 0.1) is 12.8 Å². The second kappa shape index (κ2) is 7.43. The molecular weight excluding hydrogens is 424 g/mol. The maximum absolute atomic E-state index is 6.60. The Hall–Kier alpha value is -3.77. The number of rotatable bonds is 3. The Labute approximate surface area is 190 Å². The summed E-state index contributed by atoms with van der Waals surface area (Å²) in [5.74, 6) is 2.31. The van der Waals surface area contributed by atoms with Crippen LogP contribution in [0.3, 0.4) is 0 Å². The molecule has 1 aromatic heterocycles. The van der Waals surface area contributed by atoms with Crippen molar-refractivity contribution in [1.29, 1.82) is 0 Å². The number of benzene rings is 3. The fourth-order valence-electron chi connectivity index (χ4n) is 4.44. The quantitative estimate of drug-likeness (QED) is 0.454. The van der Waals surface area contributed by atoms with E-state index in [9.17, 15) is 0 Å². The molecule has 0 fully saturated rings. The van der Waals surface area contributed by atoms with E-state index in [1.165, 1.54) is 0 Å². The third-order valence-electron chi connectivity index (χ3n) is 5.93. The summed E-state index contributed by atoms with van der Waals surface area (Å²) in [5.41, 5.74) is 5.14. The van der Waals surface area contributed by atoms with E-state index in [0.29, 0.717) is 11.0 Å². The Morgan fingerprint density at radius 3 is 2.50 bits per heavy atom. The lowest BCUT2D eigenvalue weighted by molar-refractivity contribution is 0.223. The van der Waals surface area contributed by atoms with Gasteiger partial charge in [-0.25, -0.2) is 4.68 Å². The highest BCUT2D eigenvalue weighted by atomic mass is 35.5. The van der Waals surface area contributed by atoms with Crippen molar-refractivity contribution in [2.75, 3.05) is 12.4 Å². The smallest absolute Gasteiger partial charge is 0.226 e. The number of nitrogens with zero attached hydrogens (tertiary/aromatic N) is 3. The van der Waals surface area contributed by atoms with Crippen LogP contribution < -0.4 is 14.8 Å². The third kappa shape index (κ3) is 2.95. The van der Waals surface area contributed by atoms with Crippen LogP contribution in [0.1, 0.15) is 28.8 Å². The molecule has 0 amide bonds. The van der Waals surface area contributed by atoms with Gasteiger partial charge in [-0.3, -0.25) is 0 Å². The Balaban J connectivity index is 1.60. The van der Waals surface area contributed by atoms with Crippen LogP contribution in [0.25, 0.3) is 5.70 Å². The Kier molecular flexibility index (Phi) is 4.40. The number of fused-ring (bicyclic) bond motifs is 3. The van der Waals surface area contributed by atoms with Gasteiger partial charge >= 0.3 is 0 Å². The first-order valence-corrected chi connectivity index (χ1v) is 10.7. The summed E-state index contributed by atoms with van der Waals surface area (Å²) >= 11 is 6.19. The molecule has 6 nitrogen and oxygen atoms in total. The molecule has 2 aliphatic rings. The van der Waals surface area contributed by atoms with Crippen molar-refractivity contribution in [2.45, 2.75) is 12.1 Å². The second-order valence-corrected chi connectivity index (χ2v) is 8.14. The molecule has 3 aromatic carbocycles. The monoisotopic (exact) mass is 442 g/mol. The molecule has 0 unspecified atom stereocenters. The van der Waals surface area contributed by atoms with Gasteiger partial charge in [0.15, 0.2) is 0 Å². The zero-order valence-electron chi connectivity index (χ0n) is 17.2. The van der Waals surface area contributed by atoms with Gasteiger partial charge in [0.2, 0.25) is 5.95 Å². The predicted molar refractivity (Wildman–Crippen MR) is 123 cm³/mol. The van der Waals surface area contributed by atoms with E-state index < -0.39 is 0 Å². The maximum Gasteiger partial charge on any atom is 0.226 e. The normalized spacial score (nSPS) is 18.7. The van der Waals surface area contributed by atoms with Crippen molar-refractivity contribution in [3.63, 3.8) is 0 Å². The Morgan fingerprint density at radius 2 is 1.72 bits per heavy atom. The summed E-state index contributed by atoms with van der Waals surface area (Å²) in [6.07, 6.45) is 1.25. The van der Waals surface area contributed by atoms with E-state index in [1.807, 2.05) is 71.4 Å². The van der Waals surface area contributed by atoms with Gasteiger partial charge in [0.25, 0.3) is 0 Å². The molecule has 0 saturated heterocycles. The molecule has 0 saturated carbocycles. The van der Waals surface area contributed by atoms with Crippen molar-refractivity contribution in [3.8, 4) is 11.5 Å². The summed E-state index contributed by atoms with van der Waals surface area (Å²) < 4.78 is 13.9. The Morgan fingerprint density at radius 1 is 0.969 bits per heavy atom. The molecule has 2 aliphatic heterocycles. The average molecular weight is 443 g/mol. The molecule has 0 aliphatic carbocycles. The van der Waals surface area contributed by atoms with E-state index in [1.54, 1.807) is 13.4 Å². The number of methoxy groups -OCH3 is 1. The van der Waals surface area contributed by atoms with E-state index in [2.05, 4.69) is 21.5 Å². The number of halogens is 1. The summed E-state index contributed by atoms with van der Waals surface area (Å²) in [5, 5.41) is 8.73. The SMILES string of the molecule is COc1ccc([C@@H]2Oc3ccccc3C3=C2[C@H](c2ccc(Cl)cc2)n2ncnc2N3)cc1. The summed E-state index contributed by atoms with van der Waals surface area (Å²) in [4.78, 5) is 4.46. The van der Waals surface area contributed by atoms with Crippen LogP contribution in [0.5, 0.6) is 11.5 Å². The molecule has 0 bridgehead atoms. The number of anilines is 1. The molecule has 32 heavy (non-hydrogen) atoms. The molecule has 0 radical (unpaired) electrons. The minimum atomic E-state index is -0.323. The van der Waals surface area contributed by atoms with Gasteiger partial charge in [-0.05, 0) is 47.5 Å². The zero-order valence-corrected chi connectivity index (χ0v) is 18.0. The highest BCUT2D eigenvalue weighted by molar-refractivity contribution is 6.30. The predicted octanol–water partition coefficient (Wildman–Crippen LogP) is 5.50. The van der Waals surface area contributed by atoms with Crippen molar-refractivity contribution in [1.82, 2.24) is 14.8 Å². The van der Waals surface area contributed by atoms with Crippen molar-refractivity contribution in [3.05, 3.63) is 106 Å². The first-order valence-electron chi connectivity index (χ1n) is 10.3. The standard InChI is InChI=1S/C25H19ClN4O2/c1-31-18-12-8-16(9-13-18)24-21-22(19-4-2-3-5-20(19)32-24)29-25-27-14-28-30(25)23(21)15-6-10-17(26)11-7-15/h2-14,23-24H,1H3,(H,27,28,29)/t23-,24-/m0/s1. The minimum Gasteiger partial charge on any atom is -0.497 e. The van der Waals surface area contributed by atoms with Gasteiger partial charge in [-0.15, -0.1) is 0 Å². The van der Waals surface area contributed by atoms with Gasteiger partial charge in [0, 0.05) is 16.2 Å². The summed E-state index contributed by atoms with van der Waals surface area (Å²) in [6.45, 7) is 0. The van der Waals surface area contributed by atoms with Gasteiger partial charge < -0.3 is 14.8 Å². The lowest BCUT2D eigenvalue weighted by atomic mass is 9.84. The molecule has 7 heteroatoms. The van der Waals surface area contributed by atoms with Gasteiger partial charge in [-0.2, -0.15) is 10.1 Å². The summed E-state index contributed by atoms with van der Waals surface area (Å²) in [6, 6.07) is 23.7. The van der Waals surface area contributed by atoms with Crippen molar-refractivity contribution < 1.29 is 9.47 Å². The van der Waals surface area contributed by atoms with Crippen LogP contribution in [0, 0.1) is 0 Å². The number of hydrogen-bond donors (Lipinski definition) is 1. The lowest BCUT2D eigenvalue weighted by Crippen LogP contribution is -2.32. The van der Waals surface area contributed by atoms with E-state index in [4.69, 9.17) is 21.1 Å². The van der Waals surface area contributed by atoms with Crippen LogP contribution in [0.15, 0.2) is 84.7 Å². The third-order valence-corrected chi connectivity index (χ3v) is 6.18. The highest BCUT2D eigenvalue weighted by Gasteiger charge is 2.40. The largest absolute Gasteiger partial charge is 0.497 e. The molecule has 6 rings (SSSR count). The van der Waals surface area contributed by atoms with Crippen LogP contribution in [-0.4, -0.2) is 21.9 Å².